The van der Waals surface area contributed by atoms with E-state index < -0.39 is 0 Å². The van der Waals surface area contributed by atoms with Crippen molar-refractivity contribution in [2.75, 3.05) is 6.54 Å². The van der Waals surface area contributed by atoms with Gasteiger partial charge in [-0.3, -0.25) is 14.3 Å². The number of aryl methyl sites for hydroxylation is 1. The molecule has 0 unspecified atom stereocenters. The van der Waals surface area contributed by atoms with Crippen LogP contribution in [0.25, 0.3) is 11.4 Å². The van der Waals surface area contributed by atoms with Crippen molar-refractivity contribution in [3.05, 3.63) is 53.1 Å². The molecule has 4 rings (SSSR count). The lowest BCUT2D eigenvalue weighted by molar-refractivity contribution is -0.134. The molecule has 1 aromatic carbocycles. The number of aromatic nitrogens is 5. The molecule has 0 saturated carbocycles. The van der Waals surface area contributed by atoms with Gasteiger partial charge in [0.25, 0.3) is 0 Å². The van der Waals surface area contributed by atoms with Crippen LogP contribution in [0.5, 0.6) is 0 Å². The zero-order valence-electron chi connectivity index (χ0n) is 17.1. The first-order valence-corrected chi connectivity index (χ1v) is 9.68. The highest BCUT2D eigenvalue weighted by atomic mass is 16.2. The first-order chi connectivity index (χ1) is 13.9. The second kappa shape index (κ2) is 7.27. The summed E-state index contributed by atoms with van der Waals surface area (Å²) in [6.45, 7) is 8.28. The van der Waals surface area contributed by atoms with E-state index >= 15 is 0 Å². The molecule has 29 heavy (non-hydrogen) atoms. The quantitative estimate of drug-likeness (QED) is 0.637. The highest BCUT2D eigenvalue weighted by Gasteiger charge is 2.30. The lowest BCUT2D eigenvalue weighted by Gasteiger charge is -2.32. The highest BCUT2D eigenvalue weighted by molar-refractivity contribution is 5.96. The average Bonchev–Trinajstić information content (AvgIpc) is 3.23. The molecule has 0 aliphatic carbocycles. The number of rotatable bonds is 4. The molecule has 0 saturated heterocycles. The van der Waals surface area contributed by atoms with Crippen molar-refractivity contribution in [2.24, 2.45) is 0 Å². The minimum atomic E-state index is -0.0481. The van der Waals surface area contributed by atoms with Crippen molar-refractivity contribution in [1.82, 2.24) is 29.4 Å². The second-order valence-corrected chi connectivity index (χ2v) is 7.56. The Morgan fingerprint density at radius 1 is 1.14 bits per heavy atom. The summed E-state index contributed by atoms with van der Waals surface area (Å²) in [6.07, 6.45) is 0. The molecule has 1 aliphatic heterocycles. The third kappa shape index (κ3) is 3.35. The van der Waals surface area contributed by atoms with E-state index in [0.29, 0.717) is 24.3 Å². The summed E-state index contributed by atoms with van der Waals surface area (Å²) in [4.78, 5) is 26.6. The molecule has 1 amide bonds. The van der Waals surface area contributed by atoms with Crippen molar-refractivity contribution >= 4 is 11.7 Å². The van der Waals surface area contributed by atoms with Crippen molar-refractivity contribution in [1.29, 1.82) is 0 Å². The molecule has 1 aliphatic rings. The number of nitrogens with zero attached hydrogens (tertiary/aromatic N) is 6. The Hall–Kier alpha value is -3.29. The zero-order chi connectivity index (χ0) is 20.7. The summed E-state index contributed by atoms with van der Waals surface area (Å²) < 4.78 is 3.73. The molecule has 1 atom stereocenters. The maximum absolute atomic E-state index is 13.0. The molecule has 8 heteroatoms. The van der Waals surface area contributed by atoms with E-state index in [-0.39, 0.29) is 24.3 Å². The molecule has 0 bridgehead atoms. The maximum Gasteiger partial charge on any atom is 0.244 e. The minimum Gasteiger partial charge on any atom is -0.331 e. The Labute approximate surface area is 169 Å². The number of hydrogen-bond acceptors (Lipinski definition) is 5. The smallest absolute Gasteiger partial charge is 0.244 e. The summed E-state index contributed by atoms with van der Waals surface area (Å²) in [6, 6.07) is 10.0. The van der Waals surface area contributed by atoms with Crippen molar-refractivity contribution in [3.63, 3.8) is 0 Å². The zero-order valence-corrected chi connectivity index (χ0v) is 17.1. The lowest BCUT2D eigenvalue weighted by atomic mass is 10.1. The first kappa shape index (κ1) is 19.0. The molecule has 0 N–H and O–H groups in total. The van der Waals surface area contributed by atoms with E-state index in [0.717, 1.165) is 22.9 Å². The molecule has 3 aromatic rings. The Balaban J connectivity index is 1.56. The van der Waals surface area contributed by atoms with Crippen LogP contribution in [0, 0.1) is 13.8 Å². The molecule has 2 aromatic heterocycles. The molecule has 3 heterocycles. The van der Waals surface area contributed by atoms with Gasteiger partial charge in [0.1, 0.15) is 6.54 Å². The van der Waals surface area contributed by atoms with Gasteiger partial charge in [0.05, 0.1) is 23.8 Å². The van der Waals surface area contributed by atoms with Gasteiger partial charge in [-0.1, -0.05) is 30.3 Å². The standard InChI is InChI=1S/C21H24N6O2/c1-13-10-25(19(29)12-26-15(3)20(16(4)28)14(2)24-26)11-18-22-23-21(27(13)18)17-8-6-5-7-9-17/h5-9,13H,10-12H2,1-4H3/t13-/m0/s1. The Morgan fingerprint density at radius 2 is 1.86 bits per heavy atom. The number of Topliss-reactive ketones (excluding diaryl/α,β-unsaturated/α-hetero) is 1. The highest BCUT2D eigenvalue weighted by Crippen LogP contribution is 2.27. The normalized spacial score (nSPS) is 16.0. The van der Waals surface area contributed by atoms with Gasteiger partial charge in [-0.05, 0) is 27.7 Å². The topological polar surface area (TPSA) is 85.9 Å². The Bertz CT molecular complexity index is 1080. The van der Waals surface area contributed by atoms with E-state index in [1.807, 2.05) is 37.3 Å². The number of amides is 1. The molecule has 0 fully saturated rings. The van der Waals surface area contributed by atoms with Crippen LogP contribution in [-0.2, 0) is 17.9 Å². The van der Waals surface area contributed by atoms with Gasteiger partial charge in [0.2, 0.25) is 5.91 Å². The van der Waals surface area contributed by atoms with Gasteiger partial charge in [-0.15, -0.1) is 10.2 Å². The van der Waals surface area contributed by atoms with E-state index in [2.05, 4.69) is 26.8 Å². The molecule has 150 valence electrons. The monoisotopic (exact) mass is 392 g/mol. The summed E-state index contributed by atoms with van der Waals surface area (Å²) in [5, 5.41) is 13.1. The largest absolute Gasteiger partial charge is 0.331 e. The van der Waals surface area contributed by atoms with Gasteiger partial charge >= 0.3 is 0 Å². The summed E-state index contributed by atoms with van der Waals surface area (Å²) in [5.74, 6) is 1.51. The van der Waals surface area contributed by atoms with Gasteiger partial charge in [-0.25, -0.2) is 0 Å². The van der Waals surface area contributed by atoms with E-state index in [1.165, 1.54) is 6.92 Å². The van der Waals surface area contributed by atoms with Crippen LogP contribution in [0.2, 0.25) is 0 Å². The fraction of sp³-hybridized carbons (Fsp3) is 0.381. The fourth-order valence-electron chi connectivity index (χ4n) is 4.09. The van der Waals surface area contributed by atoms with Gasteiger partial charge in [-0.2, -0.15) is 5.10 Å². The van der Waals surface area contributed by atoms with Crippen LogP contribution in [-0.4, -0.2) is 47.7 Å². The molecular formula is C21H24N6O2. The van der Waals surface area contributed by atoms with E-state index in [1.54, 1.807) is 16.5 Å². The fourth-order valence-corrected chi connectivity index (χ4v) is 4.09. The van der Waals surface area contributed by atoms with Crippen LogP contribution >= 0.6 is 0 Å². The Morgan fingerprint density at radius 3 is 2.52 bits per heavy atom. The molecule has 0 spiro atoms. The van der Waals surface area contributed by atoms with E-state index in [4.69, 9.17) is 0 Å². The van der Waals surface area contributed by atoms with Crippen LogP contribution in [0.15, 0.2) is 30.3 Å². The summed E-state index contributed by atoms with van der Waals surface area (Å²) >= 11 is 0. The van der Waals surface area contributed by atoms with Gasteiger partial charge in [0.15, 0.2) is 17.4 Å². The predicted molar refractivity (Wildman–Crippen MR) is 107 cm³/mol. The first-order valence-electron chi connectivity index (χ1n) is 9.68. The number of carbonyl (C=O) groups excluding carboxylic acids is 2. The number of benzene rings is 1. The SMILES string of the molecule is CC(=O)c1c(C)nn(CC(=O)N2Cc3nnc(-c4ccccc4)n3[C@@H](C)C2)c1C. The lowest BCUT2D eigenvalue weighted by Crippen LogP contribution is -2.42. The van der Waals surface area contributed by atoms with Crippen molar-refractivity contribution < 1.29 is 9.59 Å². The summed E-state index contributed by atoms with van der Waals surface area (Å²) in [7, 11) is 0. The van der Waals surface area contributed by atoms with Crippen LogP contribution in [0.4, 0.5) is 0 Å². The molecule has 8 nitrogen and oxygen atoms in total. The minimum absolute atomic E-state index is 0.0353. The molecular weight excluding hydrogens is 368 g/mol. The van der Waals surface area contributed by atoms with Crippen molar-refractivity contribution in [2.45, 2.75) is 46.8 Å². The Kier molecular flexibility index (Phi) is 4.77. The van der Waals surface area contributed by atoms with Crippen LogP contribution in [0.3, 0.4) is 0 Å². The maximum atomic E-state index is 13.0. The average molecular weight is 392 g/mol. The van der Waals surface area contributed by atoms with E-state index in [9.17, 15) is 9.59 Å². The third-order valence-electron chi connectivity index (χ3n) is 5.43. The third-order valence-corrected chi connectivity index (χ3v) is 5.43. The van der Waals surface area contributed by atoms with Crippen LogP contribution in [0.1, 0.15) is 47.5 Å². The van der Waals surface area contributed by atoms with Crippen molar-refractivity contribution in [3.8, 4) is 11.4 Å². The van der Waals surface area contributed by atoms with Crippen LogP contribution < -0.4 is 0 Å². The number of fused-ring (bicyclic) bond motifs is 1. The van der Waals surface area contributed by atoms with Gasteiger partial charge < -0.3 is 9.47 Å². The predicted octanol–water partition coefficient (Wildman–Crippen LogP) is 2.56. The van der Waals surface area contributed by atoms with Gasteiger partial charge in [0, 0.05) is 17.8 Å². The number of carbonyl (C=O) groups is 2. The number of ketones is 1. The summed E-state index contributed by atoms with van der Waals surface area (Å²) in [5.41, 5.74) is 2.99. The number of hydrogen-bond donors (Lipinski definition) is 0. The molecule has 0 radical (unpaired) electrons. The second-order valence-electron chi connectivity index (χ2n) is 7.56.